The van der Waals surface area contributed by atoms with E-state index in [4.69, 9.17) is 4.74 Å². The minimum Gasteiger partial charge on any atom is -0.480 e. The van der Waals surface area contributed by atoms with E-state index in [0.717, 1.165) is 13.0 Å². The van der Waals surface area contributed by atoms with Crippen LogP contribution in [-0.2, 0) is 16.1 Å². The van der Waals surface area contributed by atoms with E-state index in [1.54, 1.807) is 30.9 Å². The number of aryl methyl sites for hydroxylation is 1. The summed E-state index contributed by atoms with van der Waals surface area (Å²) in [5.74, 6) is 0.407. The Labute approximate surface area is 133 Å². The Morgan fingerprint density at radius 2 is 2.30 bits per heavy atom. The van der Waals surface area contributed by atoms with Crippen LogP contribution in [0.15, 0.2) is 37.1 Å². The van der Waals surface area contributed by atoms with Crippen molar-refractivity contribution >= 4 is 17.6 Å². The number of imidazole rings is 1. The van der Waals surface area contributed by atoms with Crippen molar-refractivity contribution < 1.29 is 14.3 Å². The van der Waals surface area contributed by atoms with E-state index >= 15 is 0 Å². The Hall–Kier alpha value is -2.90. The Balaban J connectivity index is 1.50. The molecule has 0 aliphatic carbocycles. The Bertz CT molecular complexity index is 686. The van der Waals surface area contributed by atoms with Crippen molar-refractivity contribution in [3.05, 3.63) is 37.1 Å². The van der Waals surface area contributed by atoms with E-state index in [-0.39, 0.29) is 25.0 Å². The molecule has 120 valence electrons. The van der Waals surface area contributed by atoms with Gasteiger partial charge in [0.05, 0.1) is 6.33 Å². The molecule has 0 saturated heterocycles. The summed E-state index contributed by atoms with van der Waals surface area (Å²) in [4.78, 5) is 33.4. The van der Waals surface area contributed by atoms with Crippen LogP contribution in [0.2, 0.25) is 0 Å². The summed E-state index contributed by atoms with van der Waals surface area (Å²) in [6, 6.07) is 3.45. The monoisotopic (exact) mass is 315 g/mol. The first kappa shape index (κ1) is 15.0. The van der Waals surface area contributed by atoms with E-state index in [1.165, 1.54) is 4.90 Å². The van der Waals surface area contributed by atoms with E-state index in [9.17, 15) is 9.59 Å². The number of rotatable bonds is 6. The molecular weight excluding hydrogens is 298 g/mol. The molecule has 1 aliphatic rings. The average Bonchev–Trinajstić information content (AvgIpc) is 3.08. The van der Waals surface area contributed by atoms with Crippen molar-refractivity contribution in [2.45, 2.75) is 13.0 Å². The van der Waals surface area contributed by atoms with Crippen molar-refractivity contribution in [2.75, 3.05) is 24.6 Å². The number of ether oxygens (including phenoxy) is 1. The van der Waals surface area contributed by atoms with Crippen LogP contribution in [-0.4, -0.2) is 46.0 Å². The molecule has 0 spiro atoms. The first-order valence-corrected chi connectivity index (χ1v) is 7.34. The van der Waals surface area contributed by atoms with Gasteiger partial charge in [-0.3, -0.25) is 14.5 Å². The molecule has 1 aliphatic heterocycles. The predicted molar refractivity (Wildman–Crippen MR) is 81.9 cm³/mol. The smallest absolute Gasteiger partial charge is 0.266 e. The lowest BCUT2D eigenvalue weighted by atomic mass is 10.3. The van der Waals surface area contributed by atoms with Gasteiger partial charge in [0.1, 0.15) is 6.54 Å². The highest BCUT2D eigenvalue weighted by molar-refractivity contribution is 6.01. The zero-order valence-electron chi connectivity index (χ0n) is 12.5. The number of nitrogens with one attached hydrogen (secondary N) is 1. The van der Waals surface area contributed by atoms with Gasteiger partial charge in [-0.25, -0.2) is 9.97 Å². The van der Waals surface area contributed by atoms with Crippen LogP contribution in [0, 0.1) is 0 Å². The molecule has 2 aromatic rings. The number of fused-ring (bicyclic) bond motifs is 1. The van der Waals surface area contributed by atoms with Crippen LogP contribution in [0.25, 0.3) is 0 Å². The maximum atomic E-state index is 12.0. The van der Waals surface area contributed by atoms with Crippen molar-refractivity contribution in [3.8, 4) is 5.75 Å². The quantitative estimate of drug-likeness (QED) is 0.770. The average molecular weight is 315 g/mol. The van der Waals surface area contributed by atoms with E-state index in [2.05, 4.69) is 15.3 Å². The van der Waals surface area contributed by atoms with Crippen molar-refractivity contribution in [2.24, 2.45) is 0 Å². The van der Waals surface area contributed by atoms with Gasteiger partial charge in [0.25, 0.3) is 5.91 Å². The molecule has 0 saturated carbocycles. The highest BCUT2D eigenvalue weighted by atomic mass is 16.5. The van der Waals surface area contributed by atoms with Gasteiger partial charge in [-0.05, 0) is 18.6 Å². The summed E-state index contributed by atoms with van der Waals surface area (Å²) in [6.45, 7) is 1.18. The van der Waals surface area contributed by atoms with Crippen molar-refractivity contribution in [1.82, 2.24) is 19.9 Å². The normalized spacial score (nSPS) is 13.4. The highest BCUT2D eigenvalue weighted by Gasteiger charge is 2.28. The summed E-state index contributed by atoms with van der Waals surface area (Å²) in [5, 5.41) is 2.81. The minimum atomic E-state index is -0.273. The third kappa shape index (κ3) is 3.65. The van der Waals surface area contributed by atoms with Gasteiger partial charge in [-0.15, -0.1) is 0 Å². The van der Waals surface area contributed by atoms with E-state index in [1.807, 2.05) is 10.8 Å². The first-order valence-electron chi connectivity index (χ1n) is 7.34. The lowest BCUT2D eigenvalue weighted by molar-refractivity contribution is -0.125. The minimum absolute atomic E-state index is 0.0583. The summed E-state index contributed by atoms with van der Waals surface area (Å²) in [7, 11) is 0. The number of carbonyl (C=O) groups is 2. The maximum Gasteiger partial charge on any atom is 0.266 e. The molecule has 0 unspecified atom stereocenters. The summed E-state index contributed by atoms with van der Waals surface area (Å²) >= 11 is 0. The number of pyridine rings is 1. The molecule has 3 rings (SSSR count). The summed E-state index contributed by atoms with van der Waals surface area (Å²) in [6.07, 6.45) is 7.67. The largest absolute Gasteiger partial charge is 0.480 e. The Morgan fingerprint density at radius 3 is 3.13 bits per heavy atom. The zero-order valence-corrected chi connectivity index (χ0v) is 12.5. The fourth-order valence-electron chi connectivity index (χ4n) is 2.30. The van der Waals surface area contributed by atoms with Gasteiger partial charge in [-0.2, -0.15) is 0 Å². The fourth-order valence-corrected chi connectivity index (χ4v) is 2.30. The molecule has 2 amide bonds. The highest BCUT2D eigenvalue weighted by Crippen LogP contribution is 2.28. The number of nitrogens with zero attached hydrogens (tertiary/aromatic N) is 4. The molecule has 0 bridgehead atoms. The van der Waals surface area contributed by atoms with Crippen LogP contribution in [0.3, 0.4) is 0 Å². The summed E-state index contributed by atoms with van der Waals surface area (Å²) < 4.78 is 7.24. The van der Waals surface area contributed by atoms with Crippen LogP contribution < -0.4 is 15.0 Å². The maximum absolute atomic E-state index is 12.0. The zero-order chi connectivity index (χ0) is 16.1. The molecule has 0 fully saturated rings. The molecule has 0 aromatic carbocycles. The third-order valence-electron chi connectivity index (χ3n) is 3.43. The van der Waals surface area contributed by atoms with Gasteiger partial charge >= 0.3 is 0 Å². The predicted octanol–water partition coefficient (Wildman–Crippen LogP) is 0.210. The van der Waals surface area contributed by atoms with Crippen molar-refractivity contribution in [3.63, 3.8) is 0 Å². The number of aromatic nitrogens is 3. The van der Waals surface area contributed by atoms with Gasteiger partial charge in [-0.1, -0.05) is 0 Å². The summed E-state index contributed by atoms with van der Waals surface area (Å²) in [5.41, 5.74) is 0. The standard InChI is InChI=1S/C15H17N5O3/c21-13(17-5-2-7-19-8-6-16-11-19)9-20-14(22)10-23-12-3-1-4-18-15(12)20/h1,3-4,6,8,11H,2,5,7,9-10H2,(H,17,21). The van der Waals surface area contributed by atoms with Gasteiger partial charge < -0.3 is 14.6 Å². The van der Waals surface area contributed by atoms with Crippen LogP contribution in [0.1, 0.15) is 6.42 Å². The molecular formula is C15H17N5O3. The molecule has 8 heteroatoms. The van der Waals surface area contributed by atoms with Crippen molar-refractivity contribution in [1.29, 1.82) is 0 Å². The number of hydrogen-bond donors (Lipinski definition) is 1. The fraction of sp³-hybridized carbons (Fsp3) is 0.333. The Morgan fingerprint density at radius 1 is 1.39 bits per heavy atom. The number of carbonyl (C=O) groups excluding carboxylic acids is 2. The van der Waals surface area contributed by atoms with Gasteiger partial charge in [0.2, 0.25) is 5.91 Å². The molecule has 2 aromatic heterocycles. The molecule has 1 N–H and O–H groups in total. The van der Waals surface area contributed by atoms with Gasteiger partial charge in [0.15, 0.2) is 18.2 Å². The number of anilines is 1. The molecule has 0 atom stereocenters. The molecule has 3 heterocycles. The molecule has 8 nitrogen and oxygen atoms in total. The van der Waals surface area contributed by atoms with Gasteiger partial charge in [0, 0.05) is 31.7 Å². The lowest BCUT2D eigenvalue weighted by Crippen LogP contribution is -2.45. The lowest BCUT2D eigenvalue weighted by Gasteiger charge is -2.27. The van der Waals surface area contributed by atoms with E-state index < -0.39 is 0 Å². The number of hydrogen-bond acceptors (Lipinski definition) is 5. The second-order valence-corrected chi connectivity index (χ2v) is 5.10. The SMILES string of the molecule is O=C(CN1C(=O)COc2cccnc21)NCCCn1ccnc1. The first-order chi connectivity index (χ1) is 11.2. The molecule has 0 radical (unpaired) electrons. The second-order valence-electron chi connectivity index (χ2n) is 5.10. The Kier molecular flexibility index (Phi) is 4.51. The van der Waals surface area contributed by atoms with Crippen LogP contribution >= 0.6 is 0 Å². The topological polar surface area (TPSA) is 89.4 Å². The third-order valence-corrected chi connectivity index (χ3v) is 3.43. The molecule has 23 heavy (non-hydrogen) atoms. The van der Waals surface area contributed by atoms with Crippen LogP contribution in [0.4, 0.5) is 5.82 Å². The number of amides is 2. The van der Waals surface area contributed by atoms with E-state index in [0.29, 0.717) is 18.1 Å². The van der Waals surface area contributed by atoms with Crippen LogP contribution in [0.5, 0.6) is 5.75 Å². The second kappa shape index (κ2) is 6.91.